The summed E-state index contributed by atoms with van der Waals surface area (Å²) in [5.74, 6) is -0.635. The zero-order chi connectivity index (χ0) is 22.5. The van der Waals surface area contributed by atoms with Crippen LogP contribution in [0.4, 0.5) is 19.0 Å². The maximum absolute atomic E-state index is 12.7. The number of ether oxygens (including phenoxy) is 1. The molecule has 0 bridgehead atoms. The van der Waals surface area contributed by atoms with Crippen molar-refractivity contribution in [1.82, 2.24) is 15.3 Å². The number of aromatic nitrogens is 2. The monoisotopic (exact) mass is 444 g/mol. The summed E-state index contributed by atoms with van der Waals surface area (Å²) in [5, 5.41) is 5.00. The molecule has 0 aliphatic carbocycles. The van der Waals surface area contributed by atoms with Crippen LogP contribution in [0.15, 0.2) is 30.6 Å². The van der Waals surface area contributed by atoms with Gasteiger partial charge in [0.2, 0.25) is 11.8 Å². The molecule has 2 amide bonds. The van der Waals surface area contributed by atoms with Crippen molar-refractivity contribution >= 4 is 29.2 Å². The average molecular weight is 445 g/mol. The van der Waals surface area contributed by atoms with Crippen LogP contribution in [-0.2, 0) is 11.0 Å². The van der Waals surface area contributed by atoms with Crippen molar-refractivity contribution in [1.29, 1.82) is 0 Å². The second-order valence-electron chi connectivity index (χ2n) is 6.97. The van der Waals surface area contributed by atoms with E-state index in [9.17, 15) is 22.8 Å². The first kappa shape index (κ1) is 23.4. The van der Waals surface area contributed by atoms with Crippen LogP contribution in [0.5, 0.6) is 5.88 Å². The van der Waals surface area contributed by atoms with Gasteiger partial charge in [-0.05, 0) is 32.0 Å². The number of hydrogen-bond acceptors (Lipinski definition) is 5. The molecule has 0 fully saturated rings. The SMILES string of the molecule is CCC(=O)Nc1cc(C(=O)NC(C)(C)COc2ncc(C(F)(F)F)cc2Cl)ccn1. The maximum atomic E-state index is 12.7. The van der Waals surface area contributed by atoms with Crippen LogP contribution in [0.25, 0.3) is 0 Å². The maximum Gasteiger partial charge on any atom is 0.417 e. The first-order valence-corrected chi connectivity index (χ1v) is 9.23. The average Bonchev–Trinajstić information content (AvgIpc) is 2.66. The van der Waals surface area contributed by atoms with E-state index >= 15 is 0 Å². The van der Waals surface area contributed by atoms with Crippen molar-refractivity contribution in [3.63, 3.8) is 0 Å². The quantitative estimate of drug-likeness (QED) is 0.671. The van der Waals surface area contributed by atoms with Crippen LogP contribution in [-0.4, -0.2) is 33.9 Å². The van der Waals surface area contributed by atoms with E-state index in [-0.39, 0.29) is 41.2 Å². The lowest BCUT2D eigenvalue weighted by Gasteiger charge is -2.26. The van der Waals surface area contributed by atoms with Crippen LogP contribution < -0.4 is 15.4 Å². The van der Waals surface area contributed by atoms with Crippen LogP contribution in [0.3, 0.4) is 0 Å². The summed E-state index contributed by atoms with van der Waals surface area (Å²) < 4.78 is 43.5. The van der Waals surface area contributed by atoms with E-state index in [4.69, 9.17) is 16.3 Å². The van der Waals surface area contributed by atoms with Gasteiger partial charge in [0.1, 0.15) is 17.4 Å². The molecule has 0 saturated carbocycles. The van der Waals surface area contributed by atoms with E-state index in [0.29, 0.717) is 6.20 Å². The van der Waals surface area contributed by atoms with Crippen LogP contribution in [0.1, 0.15) is 43.1 Å². The molecule has 0 saturated heterocycles. The molecule has 0 aliphatic heterocycles. The zero-order valence-corrected chi connectivity index (χ0v) is 17.2. The number of nitrogens with one attached hydrogen (secondary N) is 2. The first-order valence-electron chi connectivity index (χ1n) is 8.85. The van der Waals surface area contributed by atoms with Crippen molar-refractivity contribution in [3.8, 4) is 5.88 Å². The number of pyridine rings is 2. The van der Waals surface area contributed by atoms with E-state index in [1.807, 2.05) is 0 Å². The minimum absolute atomic E-state index is 0.110. The van der Waals surface area contributed by atoms with Gasteiger partial charge in [0.15, 0.2) is 0 Å². The number of nitrogens with zero attached hydrogens (tertiary/aromatic N) is 2. The predicted octanol–water partition coefficient (Wildman–Crippen LogP) is 4.08. The number of anilines is 1. The number of hydrogen-bond donors (Lipinski definition) is 2. The highest BCUT2D eigenvalue weighted by Crippen LogP contribution is 2.33. The number of carbonyl (C=O) groups excluding carboxylic acids is 2. The third-order valence-corrected chi connectivity index (χ3v) is 4.04. The highest BCUT2D eigenvalue weighted by molar-refractivity contribution is 6.31. The van der Waals surface area contributed by atoms with E-state index in [1.54, 1.807) is 20.8 Å². The van der Waals surface area contributed by atoms with Gasteiger partial charge >= 0.3 is 6.18 Å². The highest BCUT2D eigenvalue weighted by atomic mass is 35.5. The molecule has 0 aliphatic rings. The molecule has 162 valence electrons. The van der Waals surface area contributed by atoms with Gasteiger partial charge in [-0.1, -0.05) is 18.5 Å². The fourth-order valence-corrected chi connectivity index (χ4v) is 2.44. The van der Waals surface area contributed by atoms with Gasteiger partial charge in [0, 0.05) is 24.4 Å². The molecular weight excluding hydrogens is 425 g/mol. The Bertz CT molecular complexity index is 935. The van der Waals surface area contributed by atoms with Gasteiger partial charge in [-0.3, -0.25) is 9.59 Å². The largest absolute Gasteiger partial charge is 0.474 e. The molecule has 30 heavy (non-hydrogen) atoms. The Morgan fingerprint density at radius 2 is 1.90 bits per heavy atom. The summed E-state index contributed by atoms with van der Waals surface area (Å²) in [6, 6.07) is 3.62. The van der Waals surface area contributed by atoms with E-state index in [2.05, 4.69) is 20.6 Å². The van der Waals surface area contributed by atoms with Crippen LogP contribution >= 0.6 is 11.6 Å². The van der Waals surface area contributed by atoms with Gasteiger partial charge in [-0.15, -0.1) is 0 Å². The topological polar surface area (TPSA) is 93.2 Å². The van der Waals surface area contributed by atoms with Gasteiger partial charge in [-0.2, -0.15) is 13.2 Å². The lowest BCUT2D eigenvalue weighted by molar-refractivity contribution is -0.137. The van der Waals surface area contributed by atoms with Gasteiger partial charge < -0.3 is 15.4 Å². The third-order valence-electron chi connectivity index (χ3n) is 3.77. The summed E-state index contributed by atoms with van der Waals surface area (Å²) in [4.78, 5) is 31.6. The van der Waals surface area contributed by atoms with E-state index in [1.165, 1.54) is 18.3 Å². The standard InChI is InChI=1S/C19H20ClF3N4O3/c1-4-15(28)26-14-7-11(5-6-24-14)16(29)27-18(2,3)10-30-17-13(20)8-12(9-25-17)19(21,22)23/h5-9H,4,10H2,1-3H3,(H,27,29)(H,24,26,28). The number of rotatable bonds is 7. The molecule has 2 N–H and O–H groups in total. The summed E-state index contributed by atoms with van der Waals surface area (Å²) >= 11 is 5.82. The van der Waals surface area contributed by atoms with Crippen LogP contribution in [0, 0.1) is 0 Å². The number of amides is 2. The van der Waals surface area contributed by atoms with Crippen molar-refractivity contribution in [3.05, 3.63) is 46.7 Å². The van der Waals surface area contributed by atoms with E-state index in [0.717, 1.165) is 6.07 Å². The minimum atomic E-state index is -4.57. The Hall–Kier alpha value is -2.88. The number of alkyl halides is 3. The lowest BCUT2D eigenvalue weighted by atomic mass is 10.1. The Morgan fingerprint density at radius 1 is 1.20 bits per heavy atom. The molecule has 11 heteroatoms. The normalized spacial score (nSPS) is 11.7. The molecule has 2 rings (SSSR count). The smallest absolute Gasteiger partial charge is 0.417 e. The molecule has 2 aromatic rings. The Morgan fingerprint density at radius 3 is 2.50 bits per heavy atom. The lowest BCUT2D eigenvalue weighted by Crippen LogP contribution is -2.48. The molecule has 0 radical (unpaired) electrons. The van der Waals surface area contributed by atoms with Crippen molar-refractivity contribution in [2.24, 2.45) is 0 Å². The minimum Gasteiger partial charge on any atom is -0.474 e. The molecule has 0 spiro atoms. The Kier molecular flexibility index (Phi) is 7.25. The van der Waals surface area contributed by atoms with Gasteiger partial charge in [0.05, 0.1) is 11.1 Å². The van der Waals surface area contributed by atoms with Crippen molar-refractivity contribution in [2.45, 2.75) is 38.9 Å². The molecule has 7 nitrogen and oxygen atoms in total. The van der Waals surface area contributed by atoms with Gasteiger partial charge in [0.25, 0.3) is 5.91 Å². The Balaban J connectivity index is 2.02. The predicted molar refractivity (Wildman–Crippen MR) is 104 cm³/mol. The molecule has 2 heterocycles. The highest BCUT2D eigenvalue weighted by Gasteiger charge is 2.32. The number of halogens is 4. The van der Waals surface area contributed by atoms with Crippen molar-refractivity contribution < 1.29 is 27.5 Å². The first-order chi connectivity index (χ1) is 13.9. The summed E-state index contributed by atoms with van der Waals surface area (Å²) in [5.41, 5.74) is -1.65. The molecule has 0 unspecified atom stereocenters. The summed E-state index contributed by atoms with van der Waals surface area (Å²) in [7, 11) is 0. The fraction of sp³-hybridized carbons (Fsp3) is 0.368. The Labute approximate surface area is 176 Å². The van der Waals surface area contributed by atoms with Crippen LogP contribution in [0.2, 0.25) is 5.02 Å². The summed E-state index contributed by atoms with van der Waals surface area (Å²) in [6.07, 6.45) is -2.29. The molecule has 0 aromatic carbocycles. The molecular formula is C19H20ClF3N4O3. The molecule has 2 aromatic heterocycles. The summed E-state index contributed by atoms with van der Waals surface area (Å²) in [6.45, 7) is 4.89. The zero-order valence-electron chi connectivity index (χ0n) is 16.4. The van der Waals surface area contributed by atoms with E-state index < -0.39 is 23.2 Å². The second-order valence-corrected chi connectivity index (χ2v) is 7.37. The fourth-order valence-electron chi connectivity index (χ4n) is 2.22. The van der Waals surface area contributed by atoms with Gasteiger partial charge in [-0.25, -0.2) is 9.97 Å². The number of carbonyl (C=O) groups is 2. The third kappa shape index (κ3) is 6.58. The van der Waals surface area contributed by atoms with Crippen molar-refractivity contribution in [2.75, 3.05) is 11.9 Å². The molecule has 0 atom stereocenters. The second kappa shape index (κ2) is 9.29.